The average Bonchev–Trinajstić information content (AvgIpc) is 4.18. The van der Waals surface area contributed by atoms with E-state index in [1.54, 1.807) is 0 Å². The van der Waals surface area contributed by atoms with Gasteiger partial charge in [0.25, 0.3) is 0 Å². The summed E-state index contributed by atoms with van der Waals surface area (Å²) < 4.78 is 51.6. The zero-order chi connectivity index (χ0) is 46.9. The number of methoxy groups -OCH3 is 3. The molecule has 0 aromatic heterocycles. The second-order valence-corrected chi connectivity index (χ2v) is 19.5. The number of unbranched alkanes of at least 4 members (excludes halogenated alkanes) is 1. The maximum atomic E-state index is 14.5. The van der Waals surface area contributed by atoms with Crippen LogP contribution in [0.1, 0.15) is 105 Å². The van der Waals surface area contributed by atoms with Crippen LogP contribution >= 0.6 is 0 Å². The van der Waals surface area contributed by atoms with Gasteiger partial charge in [-0.3, -0.25) is 19.4 Å². The minimum absolute atomic E-state index is 0.0219. The zero-order valence-electron chi connectivity index (χ0n) is 38.6. The van der Waals surface area contributed by atoms with Gasteiger partial charge < -0.3 is 52.8 Å². The van der Waals surface area contributed by atoms with E-state index in [0.717, 1.165) is 99.6 Å². The third-order valence-electron chi connectivity index (χ3n) is 15.9. The number of esters is 4. The number of carbonyl (C=O) groups excluding carboxylic acids is 4. The molecule has 0 saturated carbocycles. The molecule has 0 radical (unpaired) electrons. The highest BCUT2D eigenvalue weighted by Gasteiger charge is 2.60. The third kappa shape index (κ3) is 7.60. The van der Waals surface area contributed by atoms with Crippen LogP contribution in [0.4, 0.5) is 0 Å². The predicted molar refractivity (Wildman–Crippen MR) is 235 cm³/mol. The van der Waals surface area contributed by atoms with Gasteiger partial charge >= 0.3 is 23.9 Å². The van der Waals surface area contributed by atoms with Crippen molar-refractivity contribution in [3.8, 4) is 23.0 Å². The molecular formula is C50H60N2O15. The van der Waals surface area contributed by atoms with Gasteiger partial charge in [0.15, 0.2) is 40.3 Å². The highest BCUT2D eigenvalue weighted by molar-refractivity contribution is 5.87. The number of ether oxygens (including phenoxy) is 9. The molecule has 6 aliphatic heterocycles. The van der Waals surface area contributed by atoms with Gasteiger partial charge in [0.05, 0.1) is 51.2 Å². The minimum Gasteiger partial charge on any atom is -0.497 e. The molecule has 8 aliphatic rings. The Hall–Kier alpha value is -5.36. The summed E-state index contributed by atoms with van der Waals surface area (Å²) in [5.74, 6) is -1.47. The van der Waals surface area contributed by atoms with Crippen LogP contribution in [0.2, 0.25) is 0 Å². The highest BCUT2D eigenvalue weighted by Crippen LogP contribution is 2.57. The third-order valence-corrected chi connectivity index (χ3v) is 15.9. The van der Waals surface area contributed by atoms with Gasteiger partial charge in [-0.05, 0) is 142 Å². The van der Waals surface area contributed by atoms with Gasteiger partial charge in [0.2, 0.25) is 13.6 Å². The first-order valence-corrected chi connectivity index (χ1v) is 23.6. The number of hydrogen-bond acceptors (Lipinski definition) is 17. The Balaban J connectivity index is 0.880. The summed E-state index contributed by atoms with van der Waals surface area (Å²) in [6, 6.07) is 7.94. The molecule has 2 aromatic rings. The van der Waals surface area contributed by atoms with Crippen molar-refractivity contribution in [3.63, 3.8) is 0 Å². The lowest BCUT2D eigenvalue weighted by Crippen LogP contribution is -2.49. The molecule has 0 bridgehead atoms. The van der Waals surface area contributed by atoms with Gasteiger partial charge in [0, 0.05) is 19.0 Å². The van der Waals surface area contributed by atoms with Crippen LogP contribution in [-0.4, -0.2) is 139 Å². The topological polar surface area (TPSA) is 198 Å². The van der Waals surface area contributed by atoms with Crippen LogP contribution < -0.4 is 18.9 Å². The van der Waals surface area contributed by atoms with Gasteiger partial charge in [-0.2, -0.15) is 0 Å². The van der Waals surface area contributed by atoms with Gasteiger partial charge in [-0.25, -0.2) is 9.59 Å². The van der Waals surface area contributed by atoms with E-state index in [1.165, 1.54) is 14.2 Å². The van der Waals surface area contributed by atoms with E-state index in [4.69, 9.17) is 42.6 Å². The molecular weight excluding hydrogens is 869 g/mol. The molecule has 2 saturated heterocycles. The first-order valence-electron chi connectivity index (χ1n) is 23.6. The van der Waals surface area contributed by atoms with Crippen LogP contribution in [0, 0.1) is 0 Å². The fourth-order valence-electron chi connectivity index (χ4n) is 12.7. The second kappa shape index (κ2) is 17.3. The lowest BCUT2D eigenvalue weighted by atomic mass is 9.77. The molecule has 0 amide bonds. The molecule has 2 N–H and O–H groups in total. The summed E-state index contributed by atoms with van der Waals surface area (Å²) in [5, 5.41) is 24.4. The van der Waals surface area contributed by atoms with Gasteiger partial charge in [-0.15, -0.1) is 0 Å². The second-order valence-electron chi connectivity index (χ2n) is 19.5. The van der Waals surface area contributed by atoms with Gasteiger partial charge in [0.1, 0.15) is 11.9 Å². The summed E-state index contributed by atoms with van der Waals surface area (Å²) in [7, 11) is 3.85. The number of aliphatic hydroxyl groups is 2. The van der Waals surface area contributed by atoms with E-state index in [0.29, 0.717) is 28.8 Å². The van der Waals surface area contributed by atoms with Crippen LogP contribution in [0.15, 0.2) is 47.7 Å². The summed E-state index contributed by atoms with van der Waals surface area (Å²) >= 11 is 0. The standard InChI is InChI=1S/C50H60N2O15/c1-29-23-47-11-7-15-51(47)17-9-30-19-34-36(64-27-62-34)21-32(30)41(47)43(29)66-45(55)49(57,25-39(53)60-3)13-5-6-14-50(58,26-40(54)61-4)46(56)67-44-38(59-2)24-48-12-8-16-52(48)18-10-31-20-35-37(65-28-63-35)22-33(31)42(44)48/h19-24,41-44,57-58H,5-18,25-28H2,1-4H3/t41-,42-,43-,44-,47+,48+,49-,50-/m1/s1. The number of rotatable bonds is 14. The lowest BCUT2D eigenvalue weighted by molar-refractivity contribution is -0.179. The number of benzene rings is 2. The Bertz CT molecular complexity index is 2420. The molecule has 17 nitrogen and oxygen atoms in total. The van der Waals surface area contributed by atoms with E-state index in [-0.39, 0.29) is 45.2 Å². The monoisotopic (exact) mass is 928 g/mol. The molecule has 0 unspecified atom stereocenters. The predicted octanol–water partition coefficient (Wildman–Crippen LogP) is 4.27. The number of carbonyl (C=O) groups is 4. The van der Waals surface area contributed by atoms with Crippen molar-refractivity contribution in [2.45, 2.75) is 130 Å². The first kappa shape index (κ1) is 45.4. The van der Waals surface area contributed by atoms with Crippen LogP contribution in [-0.2, 0) is 55.7 Å². The smallest absolute Gasteiger partial charge is 0.339 e. The van der Waals surface area contributed by atoms with Crippen molar-refractivity contribution < 1.29 is 72.0 Å². The SMILES string of the molecule is COC(=O)C[C@](O)(CCCC[C@@](O)(CC(=O)OC)C(=O)O[C@@H]1C(OC)=C[C@]23CCCN2CCc2cc4c(cc2[C@H]13)OCO4)C(=O)O[C@@H]1C(C)=C[C@]23CCCN2CCc2cc4c(cc2[C@H]13)OCO4. The van der Waals surface area contributed by atoms with Crippen LogP contribution in [0.3, 0.4) is 0 Å². The van der Waals surface area contributed by atoms with Crippen LogP contribution in [0.25, 0.3) is 0 Å². The molecule has 2 fully saturated rings. The van der Waals surface area contributed by atoms with Crippen molar-refractivity contribution in [3.05, 3.63) is 70.0 Å². The highest BCUT2D eigenvalue weighted by atomic mass is 16.7. The van der Waals surface area contributed by atoms with Crippen LogP contribution in [0.5, 0.6) is 23.0 Å². The van der Waals surface area contributed by atoms with E-state index in [1.807, 2.05) is 37.3 Å². The summed E-state index contributed by atoms with van der Waals surface area (Å²) in [5.41, 5.74) is -0.827. The molecule has 2 aliphatic carbocycles. The molecule has 17 heteroatoms. The lowest BCUT2D eigenvalue weighted by Gasteiger charge is -2.40. The van der Waals surface area contributed by atoms with Crippen molar-refractivity contribution in [1.82, 2.24) is 9.80 Å². The van der Waals surface area contributed by atoms with E-state index >= 15 is 0 Å². The molecule has 2 aromatic carbocycles. The quantitative estimate of drug-likeness (QED) is 0.118. The molecule has 360 valence electrons. The summed E-state index contributed by atoms with van der Waals surface area (Å²) in [4.78, 5) is 59.7. The minimum atomic E-state index is -2.38. The maximum absolute atomic E-state index is 14.5. The molecule has 8 atom stereocenters. The molecule has 67 heavy (non-hydrogen) atoms. The molecule has 6 heterocycles. The number of fused-ring (bicyclic) bond motifs is 6. The van der Waals surface area contributed by atoms with Crippen molar-refractivity contribution in [1.29, 1.82) is 0 Å². The average molecular weight is 929 g/mol. The van der Waals surface area contributed by atoms with Gasteiger partial charge in [-0.1, -0.05) is 6.08 Å². The number of nitrogens with zero attached hydrogens (tertiary/aromatic N) is 2. The fraction of sp³-hybridized carbons (Fsp3) is 0.600. The normalized spacial score (nSPS) is 29.2. The van der Waals surface area contributed by atoms with Crippen molar-refractivity contribution in [2.24, 2.45) is 0 Å². The Morgan fingerprint density at radius 1 is 0.657 bits per heavy atom. The summed E-state index contributed by atoms with van der Waals surface area (Å²) in [6.45, 7) is 5.44. The Labute approximate surface area is 389 Å². The van der Waals surface area contributed by atoms with Crippen molar-refractivity contribution in [2.75, 3.05) is 61.1 Å². The fourth-order valence-corrected chi connectivity index (χ4v) is 12.7. The Kier molecular flexibility index (Phi) is 11.7. The molecule has 2 spiro atoms. The zero-order valence-corrected chi connectivity index (χ0v) is 38.6. The Morgan fingerprint density at radius 2 is 1.10 bits per heavy atom. The number of hydrogen-bond donors (Lipinski definition) is 2. The molecule has 10 rings (SSSR count). The van der Waals surface area contributed by atoms with E-state index < -0.39 is 77.1 Å². The Morgan fingerprint density at radius 3 is 1.58 bits per heavy atom. The van der Waals surface area contributed by atoms with E-state index in [2.05, 4.69) is 15.9 Å². The maximum Gasteiger partial charge on any atom is 0.339 e. The van der Waals surface area contributed by atoms with E-state index in [9.17, 15) is 29.4 Å². The first-order chi connectivity index (χ1) is 32.2. The summed E-state index contributed by atoms with van der Waals surface area (Å²) in [6.07, 6.45) is 5.57. The largest absolute Gasteiger partial charge is 0.497 e. The van der Waals surface area contributed by atoms with Crippen molar-refractivity contribution >= 4 is 23.9 Å².